The first-order valence-electron chi connectivity index (χ1n) is 10.3. The summed E-state index contributed by atoms with van der Waals surface area (Å²) in [6, 6.07) is 4.06. The molecule has 2 fully saturated rings. The van der Waals surface area contributed by atoms with Crippen LogP contribution in [0.15, 0.2) is 16.7 Å². The number of nitrogens with two attached hydrogens (primary N) is 1. The van der Waals surface area contributed by atoms with E-state index in [9.17, 15) is 5.11 Å². The van der Waals surface area contributed by atoms with Gasteiger partial charge >= 0.3 is 0 Å². The van der Waals surface area contributed by atoms with Crippen molar-refractivity contribution < 1.29 is 14.4 Å². The molecule has 0 bridgehead atoms. The Bertz CT molecular complexity index is 1070. The molecule has 5 rings (SSSR count). The Morgan fingerprint density at radius 2 is 2.03 bits per heavy atom. The van der Waals surface area contributed by atoms with Crippen molar-refractivity contribution in [1.29, 1.82) is 0 Å². The third kappa shape index (κ3) is 3.04. The lowest BCUT2D eigenvalue weighted by Crippen LogP contribution is -2.18. The maximum Gasteiger partial charge on any atom is 0.141 e. The fraction of sp³-hybridized carbons (Fsp3) is 0.545. The van der Waals surface area contributed by atoms with Gasteiger partial charge in [0, 0.05) is 23.0 Å². The molecule has 1 aromatic carbocycles. The standard InChI is InChI=1S/C22H28N4O3/c1-11-18(12(2)29-25-11)14-7-16(20(27)15-9-22(3,4)28-10-15)19-17(8-14)26(23)21(24-19)13-5-6-13/h7-8,13,15,20,27H,5-6,9-10,23H2,1-4H3. The van der Waals surface area contributed by atoms with Gasteiger partial charge in [0.2, 0.25) is 0 Å². The van der Waals surface area contributed by atoms with Crippen LogP contribution in [-0.4, -0.2) is 32.1 Å². The van der Waals surface area contributed by atoms with Crippen molar-refractivity contribution >= 4 is 11.0 Å². The van der Waals surface area contributed by atoms with Crippen LogP contribution in [0.25, 0.3) is 22.2 Å². The lowest BCUT2D eigenvalue weighted by molar-refractivity contribution is 0.0296. The highest BCUT2D eigenvalue weighted by Crippen LogP contribution is 2.44. The van der Waals surface area contributed by atoms with Gasteiger partial charge in [-0.05, 0) is 64.7 Å². The number of nitrogen functional groups attached to an aromatic ring is 1. The number of aliphatic hydroxyl groups excluding tert-OH is 1. The Morgan fingerprint density at radius 1 is 1.28 bits per heavy atom. The summed E-state index contributed by atoms with van der Waals surface area (Å²) in [6.45, 7) is 8.49. The molecule has 2 unspecified atom stereocenters. The predicted molar refractivity (Wildman–Crippen MR) is 110 cm³/mol. The molecule has 1 aliphatic carbocycles. The highest BCUT2D eigenvalue weighted by molar-refractivity contribution is 5.87. The number of nitrogens with zero attached hydrogens (tertiary/aromatic N) is 3. The van der Waals surface area contributed by atoms with Gasteiger partial charge in [-0.15, -0.1) is 0 Å². The van der Waals surface area contributed by atoms with Crippen molar-refractivity contribution in [3.05, 3.63) is 35.0 Å². The van der Waals surface area contributed by atoms with Crippen molar-refractivity contribution in [2.45, 2.75) is 64.6 Å². The van der Waals surface area contributed by atoms with Gasteiger partial charge in [0.15, 0.2) is 0 Å². The number of hydrogen-bond acceptors (Lipinski definition) is 6. The van der Waals surface area contributed by atoms with Crippen LogP contribution in [0.4, 0.5) is 0 Å². The number of rotatable bonds is 4. The van der Waals surface area contributed by atoms with E-state index in [2.05, 4.69) is 19.0 Å². The van der Waals surface area contributed by atoms with Crippen LogP contribution >= 0.6 is 0 Å². The lowest BCUT2D eigenvalue weighted by atomic mass is 9.88. The second-order valence-corrected chi connectivity index (χ2v) is 9.23. The van der Waals surface area contributed by atoms with Gasteiger partial charge in [0.05, 0.1) is 35.0 Å². The minimum Gasteiger partial charge on any atom is -0.388 e. The van der Waals surface area contributed by atoms with Crippen LogP contribution in [-0.2, 0) is 4.74 Å². The number of aromatic nitrogens is 3. The Morgan fingerprint density at radius 3 is 2.62 bits per heavy atom. The van der Waals surface area contributed by atoms with Crippen LogP contribution in [0.5, 0.6) is 0 Å². The molecule has 29 heavy (non-hydrogen) atoms. The van der Waals surface area contributed by atoms with E-state index in [1.165, 1.54) is 0 Å². The topological polar surface area (TPSA) is 99.3 Å². The summed E-state index contributed by atoms with van der Waals surface area (Å²) in [5.41, 5.74) is 4.88. The average molecular weight is 396 g/mol. The molecule has 1 saturated heterocycles. The van der Waals surface area contributed by atoms with E-state index in [0.29, 0.717) is 12.5 Å². The molecule has 3 heterocycles. The number of aryl methyl sites for hydroxylation is 2. The van der Waals surface area contributed by atoms with Crippen molar-refractivity contribution in [3.63, 3.8) is 0 Å². The third-order valence-electron chi connectivity index (χ3n) is 6.32. The van der Waals surface area contributed by atoms with E-state index in [4.69, 9.17) is 20.1 Å². The van der Waals surface area contributed by atoms with E-state index in [1.54, 1.807) is 4.68 Å². The Labute approximate surface area is 169 Å². The maximum atomic E-state index is 11.4. The summed E-state index contributed by atoms with van der Waals surface area (Å²) < 4.78 is 13.0. The second kappa shape index (κ2) is 6.31. The smallest absolute Gasteiger partial charge is 0.141 e. The van der Waals surface area contributed by atoms with Crippen LogP contribution in [0, 0.1) is 19.8 Å². The fourth-order valence-electron chi connectivity index (χ4n) is 4.67. The molecule has 2 aromatic heterocycles. The molecule has 1 saturated carbocycles. The van der Waals surface area contributed by atoms with Crippen LogP contribution in [0.3, 0.4) is 0 Å². The number of hydrogen-bond donors (Lipinski definition) is 2. The number of fused-ring (bicyclic) bond motifs is 1. The largest absolute Gasteiger partial charge is 0.388 e. The molecule has 154 valence electrons. The molecular weight excluding hydrogens is 368 g/mol. The molecule has 2 atom stereocenters. The summed E-state index contributed by atoms with van der Waals surface area (Å²) in [5, 5.41) is 15.5. The average Bonchev–Trinajstić information content (AvgIpc) is 3.27. The fourth-order valence-corrected chi connectivity index (χ4v) is 4.67. The SMILES string of the molecule is Cc1noc(C)c1-c1cc(C(O)C2COC(C)(C)C2)c2nc(C3CC3)n(N)c2c1. The summed E-state index contributed by atoms with van der Waals surface area (Å²) in [4.78, 5) is 4.87. The van der Waals surface area contributed by atoms with Gasteiger partial charge in [0.1, 0.15) is 11.6 Å². The molecule has 7 heteroatoms. The van der Waals surface area contributed by atoms with Gasteiger partial charge in [-0.3, -0.25) is 0 Å². The van der Waals surface area contributed by atoms with Gasteiger partial charge in [-0.1, -0.05) is 5.16 Å². The summed E-state index contributed by atoms with van der Waals surface area (Å²) in [7, 11) is 0. The van der Waals surface area contributed by atoms with Crippen molar-refractivity contribution in [2.24, 2.45) is 5.92 Å². The zero-order chi connectivity index (χ0) is 20.5. The minimum absolute atomic E-state index is 0.0143. The van der Waals surface area contributed by atoms with Gasteiger partial charge in [0.25, 0.3) is 0 Å². The Balaban J connectivity index is 1.69. The minimum atomic E-state index is -0.679. The molecule has 2 aliphatic rings. The predicted octanol–water partition coefficient (Wildman–Crippen LogP) is 3.75. The second-order valence-electron chi connectivity index (χ2n) is 9.23. The maximum absolute atomic E-state index is 11.4. The monoisotopic (exact) mass is 396 g/mol. The quantitative estimate of drug-likeness (QED) is 0.652. The molecule has 0 amide bonds. The first-order valence-corrected chi connectivity index (χ1v) is 10.3. The molecule has 1 aliphatic heterocycles. The van der Waals surface area contributed by atoms with Crippen molar-refractivity contribution in [3.8, 4) is 11.1 Å². The van der Waals surface area contributed by atoms with Gasteiger partial charge in [-0.2, -0.15) is 0 Å². The Hall–Kier alpha value is -2.38. The zero-order valence-corrected chi connectivity index (χ0v) is 17.4. The van der Waals surface area contributed by atoms with Crippen molar-refractivity contribution in [1.82, 2.24) is 14.8 Å². The lowest BCUT2D eigenvalue weighted by Gasteiger charge is -2.20. The normalized spacial score (nSPS) is 22.4. The number of benzene rings is 1. The summed E-state index contributed by atoms with van der Waals surface area (Å²) >= 11 is 0. The summed E-state index contributed by atoms with van der Waals surface area (Å²) in [5.74, 6) is 8.52. The zero-order valence-electron chi connectivity index (χ0n) is 17.4. The molecule has 3 N–H and O–H groups in total. The number of ether oxygens (including phenoxy) is 1. The molecule has 0 spiro atoms. The highest BCUT2D eigenvalue weighted by atomic mass is 16.5. The van der Waals surface area contributed by atoms with E-state index >= 15 is 0 Å². The Kier molecular flexibility index (Phi) is 4.05. The first-order chi connectivity index (χ1) is 13.7. The first kappa shape index (κ1) is 18.6. The molecule has 7 nitrogen and oxygen atoms in total. The molecule has 0 radical (unpaired) electrons. The number of aliphatic hydroxyl groups is 1. The van der Waals surface area contributed by atoms with Gasteiger partial charge < -0.3 is 20.2 Å². The van der Waals surface area contributed by atoms with E-state index < -0.39 is 6.10 Å². The van der Waals surface area contributed by atoms with E-state index in [0.717, 1.165) is 64.3 Å². The number of imidazole rings is 1. The van der Waals surface area contributed by atoms with Crippen LogP contribution in [0.1, 0.15) is 68.0 Å². The molecular formula is C22H28N4O3. The van der Waals surface area contributed by atoms with Crippen LogP contribution in [0.2, 0.25) is 0 Å². The molecule has 3 aromatic rings. The summed E-state index contributed by atoms with van der Waals surface area (Å²) in [6.07, 6.45) is 2.34. The van der Waals surface area contributed by atoms with Gasteiger partial charge in [-0.25, -0.2) is 9.66 Å². The third-order valence-corrected chi connectivity index (χ3v) is 6.32. The van der Waals surface area contributed by atoms with Crippen molar-refractivity contribution in [2.75, 3.05) is 12.4 Å². The highest BCUT2D eigenvalue weighted by Gasteiger charge is 2.38. The van der Waals surface area contributed by atoms with E-state index in [-0.39, 0.29) is 11.5 Å². The van der Waals surface area contributed by atoms with Crippen LogP contribution < -0.4 is 5.84 Å². The van der Waals surface area contributed by atoms with E-state index in [1.807, 2.05) is 26.0 Å².